The standard InChI is InChI=1S/C22H26O7/c1-7-10(2)20(24)28-17-12(4)15-9-8-11(3)22(15,26)19-16(13(5)21(25)29-19)18(17)27-14(6)23/h7-8,16-19,26H,5,9H2,1-4,6H3/b10-7-/t16-,17-,18-,19+,22-/m1/s1. The summed E-state index contributed by atoms with van der Waals surface area (Å²) in [4.78, 5) is 36.8. The molecule has 1 N–H and O–H groups in total. The lowest BCUT2D eigenvalue weighted by atomic mass is 9.78. The first kappa shape index (κ1) is 21.0. The van der Waals surface area contributed by atoms with Crippen LogP contribution in [0.5, 0.6) is 0 Å². The van der Waals surface area contributed by atoms with Crippen molar-refractivity contribution in [2.24, 2.45) is 5.92 Å². The third-order valence-corrected chi connectivity index (χ3v) is 6.16. The number of carbonyl (C=O) groups excluding carboxylic acids is 3. The summed E-state index contributed by atoms with van der Waals surface area (Å²) in [6.45, 7) is 11.9. The monoisotopic (exact) mass is 402 g/mol. The highest BCUT2D eigenvalue weighted by Gasteiger charge is 2.62. The Balaban J connectivity index is 2.20. The molecule has 0 unspecified atom stereocenters. The van der Waals surface area contributed by atoms with Crippen molar-refractivity contribution in [3.8, 4) is 0 Å². The van der Waals surface area contributed by atoms with E-state index in [0.717, 1.165) is 0 Å². The normalized spacial score (nSPS) is 34.1. The molecule has 0 aromatic heterocycles. The largest absolute Gasteiger partial charge is 0.457 e. The summed E-state index contributed by atoms with van der Waals surface area (Å²) >= 11 is 0. The highest BCUT2D eigenvalue weighted by molar-refractivity contribution is 5.92. The Hall–Kier alpha value is -2.67. The summed E-state index contributed by atoms with van der Waals surface area (Å²) in [5.74, 6) is -2.71. The van der Waals surface area contributed by atoms with Gasteiger partial charge in [0, 0.05) is 18.1 Å². The highest BCUT2D eigenvalue weighted by Crippen LogP contribution is 2.52. The van der Waals surface area contributed by atoms with E-state index in [9.17, 15) is 19.5 Å². The zero-order valence-electron chi connectivity index (χ0n) is 17.3. The maximum atomic E-state index is 12.6. The molecule has 3 rings (SSSR count). The van der Waals surface area contributed by atoms with E-state index < -0.39 is 47.7 Å². The van der Waals surface area contributed by atoms with Gasteiger partial charge in [0.2, 0.25) is 0 Å². The highest BCUT2D eigenvalue weighted by atomic mass is 16.6. The summed E-state index contributed by atoms with van der Waals surface area (Å²) in [6.07, 6.45) is 0.798. The molecule has 3 aliphatic rings. The lowest BCUT2D eigenvalue weighted by Gasteiger charge is -2.35. The molecule has 1 aliphatic heterocycles. The molecule has 0 amide bonds. The van der Waals surface area contributed by atoms with Crippen LogP contribution < -0.4 is 0 Å². The molecule has 5 atom stereocenters. The van der Waals surface area contributed by atoms with Crippen molar-refractivity contribution in [1.82, 2.24) is 0 Å². The van der Waals surface area contributed by atoms with Crippen molar-refractivity contribution in [1.29, 1.82) is 0 Å². The quantitative estimate of drug-likeness (QED) is 0.335. The van der Waals surface area contributed by atoms with E-state index in [1.165, 1.54) is 6.92 Å². The molecule has 0 bridgehead atoms. The number of rotatable bonds is 3. The fraction of sp³-hybridized carbons (Fsp3) is 0.500. The van der Waals surface area contributed by atoms with E-state index in [1.54, 1.807) is 33.8 Å². The van der Waals surface area contributed by atoms with E-state index in [4.69, 9.17) is 14.2 Å². The molecule has 7 heteroatoms. The van der Waals surface area contributed by atoms with Crippen LogP contribution in [0.15, 0.2) is 46.6 Å². The summed E-state index contributed by atoms with van der Waals surface area (Å²) in [5, 5.41) is 11.7. The number of fused-ring (bicyclic) bond motifs is 3. The average molecular weight is 402 g/mol. The summed E-state index contributed by atoms with van der Waals surface area (Å²) in [6, 6.07) is 0. The van der Waals surface area contributed by atoms with Gasteiger partial charge in [-0.3, -0.25) is 4.79 Å². The third-order valence-electron chi connectivity index (χ3n) is 6.16. The maximum absolute atomic E-state index is 12.6. The van der Waals surface area contributed by atoms with Gasteiger partial charge >= 0.3 is 17.9 Å². The number of aliphatic hydroxyl groups is 1. The first-order valence-corrected chi connectivity index (χ1v) is 9.54. The van der Waals surface area contributed by atoms with Gasteiger partial charge in [0.05, 0.1) is 5.92 Å². The molecule has 156 valence electrons. The van der Waals surface area contributed by atoms with Gasteiger partial charge in [-0.1, -0.05) is 18.7 Å². The number of allylic oxidation sites excluding steroid dienone is 2. The molecule has 1 fully saturated rings. The molecule has 1 heterocycles. The van der Waals surface area contributed by atoms with Crippen molar-refractivity contribution < 1.29 is 33.7 Å². The van der Waals surface area contributed by atoms with Crippen LogP contribution in [0.25, 0.3) is 0 Å². The van der Waals surface area contributed by atoms with Crippen LogP contribution >= 0.6 is 0 Å². The number of carbonyl (C=O) groups is 3. The van der Waals surface area contributed by atoms with Gasteiger partial charge in [-0.2, -0.15) is 0 Å². The maximum Gasteiger partial charge on any atom is 0.334 e. The summed E-state index contributed by atoms with van der Waals surface area (Å²) in [7, 11) is 0. The average Bonchev–Trinajstić information content (AvgIpc) is 3.11. The van der Waals surface area contributed by atoms with Gasteiger partial charge in [-0.05, 0) is 50.8 Å². The van der Waals surface area contributed by atoms with Crippen molar-refractivity contribution in [3.63, 3.8) is 0 Å². The number of hydrogen-bond acceptors (Lipinski definition) is 7. The molecule has 0 radical (unpaired) electrons. The Kier molecular flexibility index (Phi) is 5.30. The van der Waals surface area contributed by atoms with Gasteiger partial charge in [0.25, 0.3) is 0 Å². The van der Waals surface area contributed by atoms with E-state index in [1.807, 2.05) is 6.08 Å². The van der Waals surface area contributed by atoms with Crippen LogP contribution in [-0.4, -0.2) is 46.9 Å². The summed E-state index contributed by atoms with van der Waals surface area (Å²) < 4.78 is 16.8. The molecule has 1 saturated heterocycles. The minimum atomic E-state index is -1.57. The Labute approximate surface area is 169 Å². The van der Waals surface area contributed by atoms with Crippen LogP contribution in [0.1, 0.15) is 41.0 Å². The first-order chi connectivity index (χ1) is 13.5. The Morgan fingerprint density at radius 2 is 1.97 bits per heavy atom. The third kappa shape index (κ3) is 3.13. The SMILES string of the molecule is C=C1C(=O)O[C@H]2[C@H]1[C@@H](OC(C)=O)[C@H](OC(=O)/C(C)=C\C)C(C)=C1CC=C(C)[C@@]12O. The molecular formula is C22H26O7. The molecule has 0 saturated carbocycles. The second kappa shape index (κ2) is 7.30. The van der Waals surface area contributed by atoms with Crippen LogP contribution in [0.4, 0.5) is 0 Å². The number of ether oxygens (including phenoxy) is 3. The van der Waals surface area contributed by atoms with Gasteiger partial charge in [0.1, 0.15) is 11.7 Å². The van der Waals surface area contributed by atoms with Crippen molar-refractivity contribution >= 4 is 17.9 Å². The van der Waals surface area contributed by atoms with Gasteiger partial charge in [-0.15, -0.1) is 0 Å². The van der Waals surface area contributed by atoms with E-state index >= 15 is 0 Å². The van der Waals surface area contributed by atoms with Gasteiger partial charge in [0.15, 0.2) is 12.2 Å². The molecule has 0 aromatic carbocycles. The smallest absolute Gasteiger partial charge is 0.334 e. The molecule has 29 heavy (non-hydrogen) atoms. The van der Waals surface area contributed by atoms with Crippen LogP contribution in [0.3, 0.4) is 0 Å². The Bertz CT molecular complexity index is 891. The minimum absolute atomic E-state index is 0.0761. The van der Waals surface area contributed by atoms with Crippen LogP contribution in [0.2, 0.25) is 0 Å². The summed E-state index contributed by atoms with van der Waals surface area (Å²) in [5.41, 5.74) is 0.674. The lowest BCUT2D eigenvalue weighted by molar-refractivity contribution is -0.168. The minimum Gasteiger partial charge on any atom is -0.457 e. The Morgan fingerprint density at radius 1 is 1.31 bits per heavy atom. The zero-order chi connectivity index (χ0) is 21.7. The van der Waals surface area contributed by atoms with Crippen molar-refractivity contribution in [2.45, 2.75) is 65.0 Å². The number of esters is 3. The Morgan fingerprint density at radius 3 is 2.55 bits per heavy atom. The molecule has 0 spiro atoms. The van der Waals surface area contributed by atoms with Crippen molar-refractivity contribution in [2.75, 3.05) is 0 Å². The molecule has 0 aromatic rings. The van der Waals surface area contributed by atoms with Crippen molar-refractivity contribution in [3.05, 3.63) is 46.6 Å². The predicted octanol–water partition coefficient (Wildman–Crippen LogP) is 2.31. The van der Waals surface area contributed by atoms with Crippen LogP contribution in [0, 0.1) is 5.92 Å². The predicted molar refractivity (Wildman–Crippen MR) is 103 cm³/mol. The topological polar surface area (TPSA) is 99.1 Å². The number of hydrogen-bond donors (Lipinski definition) is 1. The molecule has 7 nitrogen and oxygen atoms in total. The van der Waals surface area contributed by atoms with Gasteiger partial charge < -0.3 is 19.3 Å². The second-order valence-corrected chi connectivity index (χ2v) is 7.77. The lowest BCUT2D eigenvalue weighted by Crippen LogP contribution is -2.50. The fourth-order valence-electron chi connectivity index (χ4n) is 4.38. The van der Waals surface area contributed by atoms with E-state index in [-0.39, 0.29) is 5.57 Å². The molecular weight excluding hydrogens is 376 g/mol. The van der Waals surface area contributed by atoms with E-state index in [0.29, 0.717) is 28.7 Å². The van der Waals surface area contributed by atoms with Crippen LogP contribution in [-0.2, 0) is 28.6 Å². The fourth-order valence-corrected chi connectivity index (χ4v) is 4.38. The molecule has 2 aliphatic carbocycles. The second-order valence-electron chi connectivity index (χ2n) is 7.77. The zero-order valence-corrected chi connectivity index (χ0v) is 17.3. The first-order valence-electron chi connectivity index (χ1n) is 9.54. The van der Waals surface area contributed by atoms with E-state index in [2.05, 4.69) is 6.58 Å². The van der Waals surface area contributed by atoms with Gasteiger partial charge in [-0.25, -0.2) is 9.59 Å².